The SMILES string of the molecule is CC1(C)CCCN(CCC(C)(C)C(=N)N)CC1. The van der Waals surface area contributed by atoms with Gasteiger partial charge in [-0.2, -0.15) is 0 Å². The highest BCUT2D eigenvalue weighted by atomic mass is 15.1. The van der Waals surface area contributed by atoms with Gasteiger partial charge < -0.3 is 10.6 Å². The number of rotatable bonds is 4. The maximum atomic E-state index is 7.58. The Morgan fingerprint density at radius 3 is 2.53 bits per heavy atom. The Balaban J connectivity index is 2.40. The number of hydrogen-bond donors (Lipinski definition) is 2. The minimum Gasteiger partial charge on any atom is -0.387 e. The second kappa shape index (κ2) is 5.38. The van der Waals surface area contributed by atoms with Crippen molar-refractivity contribution in [1.82, 2.24) is 4.90 Å². The third kappa shape index (κ3) is 4.66. The lowest BCUT2D eigenvalue weighted by atomic mass is 9.85. The maximum Gasteiger partial charge on any atom is 0.0963 e. The highest BCUT2D eigenvalue weighted by Gasteiger charge is 2.26. The predicted octanol–water partition coefficient (Wildman–Crippen LogP) is 2.85. The van der Waals surface area contributed by atoms with Crippen molar-refractivity contribution in [2.45, 2.75) is 53.4 Å². The van der Waals surface area contributed by atoms with E-state index in [2.05, 4.69) is 32.6 Å². The molecule has 0 aromatic carbocycles. The van der Waals surface area contributed by atoms with Crippen LogP contribution in [0.4, 0.5) is 0 Å². The molecule has 0 atom stereocenters. The smallest absolute Gasteiger partial charge is 0.0963 e. The molecule has 1 fully saturated rings. The quantitative estimate of drug-likeness (QED) is 0.585. The molecule has 0 aromatic heterocycles. The Hall–Kier alpha value is -0.570. The lowest BCUT2D eigenvalue weighted by molar-refractivity contribution is 0.239. The van der Waals surface area contributed by atoms with Crippen LogP contribution in [0.5, 0.6) is 0 Å². The van der Waals surface area contributed by atoms with Gasteiger partial charge in [-0.3, -0.25) is 5.41 Å². The second-order valence-corrected chi connectivity index (χ2v) is 6.91. The number of nitrogens with one attached hydrogen (secondary N) is 1. The van der Waals surface area contributed by atoms with E-state index in [1.165, 1.54) is 32.4 Å². The first kappa shape index (κ1) is 14.5. The van der Waals surface area contributed by atoms with Gasteiger partial charge in [-0.05, 0) is 50.7 Å². The molecule has 3 N–H and O–H groups in total. The van der Waals surface area contributed by atoms with Gasteiger partial charge in [0.2, 0.25) is 0 Å². The molecule has 1 aliphatic heterocycles. The molecule has 0 aliphatic carbocycles. The van der Waals surface area contributed by atoms with Gasteiger partial charge in [-0.25, -0.2) is 0 Å². The molecule has 0 unspecified atom stereocenters. The third-order valence-corrected chi connectivity index (χ3v) is 4.21. The van der Waals surface area contributed by atoms with Crippen LogP contribution < -0.4 is 5.73 Å². The van der Waals surface area contributed by atoms with Gasteiger partial charge >= 0.3 is 0 Å². The van der Waals surface area contributed by atoms with Crippen LogP contribution in [0.25, 0.3) is 0 Å². The van der Waals surface area contributed by atoms with Crippen LogP contribution in [0.2, 0.25) is 0 Å². The zero-order chi connectivity index (χ0) is 13.1. The third-order valence-electron chi connectivity index (χ3n) is 4.21. The molecule has 1 rings (SSSR count). The van der Waals surface area contributed by atoms with Crippen LogP contribution in [-0.4, -0.2) is 30.4 Å². The first-order chi connectivity index (χ1) is 7.73. The molecule has 0 spiro atoms. The van der Waals surface area contributed by atoms with E-state index in [4.69, 9.17) is 11.1 Å². The Kier molecular flexibility index (Phi) is 4.59. The number of hydrogen-bond acceptors (Lipinski definition) is 2. The van der Waals surface area contributed by atoms with Crippen molar-refractivity contribution in [3.63, 3.8) is 0 Å². The van der Waals surface area contributed by atoms with Crippen molar-refractivity contribution in [2.75, 3.05) is 19.6 Å². The minimum absolute atomic E-state index is 0.151. The summed E-state index contributed by atoms with van der Waals surface area (Å²) in [6.07, 6.45) is 4.91. The maximum absolute atomic E-state index is 7.58. The van der Waals surface area contributed by atoms with Crippen molar-refractivity contribution in [3.8, 4) is 0 Å². The van der Waals surface area contributed by atoms with Crippen LogP contribution in [-0.2, 0) is 0 Å². The first-order valence-electron chi connectivity index (χ1n) is 6.80. The molecule has 0 amide bonds. The molecule has 100 valence electrons. The van der Waals surface area contributed by atoms with Gasteiger partial charge in [0.05, 0.1) is 5.84 Å². The molecule has 1 heterocycles. The Morgan fingerprint density at radius 2 is 1.94 bits per heavy atom. The molecule has 1 aliphatic rings. The fourth-order valence-electron chi connectivity index (χ4n) is 2.27. The van der Waals surface area contributed by atoms with Crippen molar-refractivity contribution in [2.24, 2.45) is 16.6 Å². The molecule has 0 radical (unpaired) electrons. The Bertz CT molecular complexity index is 269. The van der Waals surface area contributed by atoms with E-state index in [1.807, 2.05) is 0 Å². The highest BCUT2D eigenvalue weighted by Crippen LogP contribution is 2.30. The van der Waals surface area contributed by atoms with Crippen molar-refractivity contribution >= 4 is 5.84 Å². The zero-order valence-electron chi connectivity index (χ0n) is 12.0. The molecule has 3 heteroatoms. The Morgan fingerprint density at radius 1 is 1.29 bits per heavy atom. The van der Waals surface area contributed by atoms with E-state index >= 15 is 0 Å². The lowest BCUT2D eigenvalue weighted by Crippen LogP contribution is -2.36. The van der Waals surface area contributed by atoms with Crippen molar-refractivity contribution in [3.05, 3.63) is 0 Å². The number of likely N-dealkylation sites (tertiary alicyclic amines) is 1. The van der Waals surface area contributed by atoms with Gasteiger partial charge in [-0.1, -0.05) is 27.7 Å². The Labute approximate surface area is 106 Å². The van der Waals surface area contributed by atoms with E-state index in [1.54, 1.807) is 0 Å². The predicted molar refractivity (Wildman–Crippen MR) is 74.4 cm³/mol. The topological polar surface area (TPSA) is 53.1 Å². The van der Waals surface area contributed by atoms with Crippen molar-refractivity contribution < 1.29 is 0 Å². The molecule has 1 saturated heterocycles. The van der Waals surface area contributed by atoms with Crippen LogP contribution in [0.15, 0.2) is 0 Å². The second-order valence-electron chi connectivity index (χ2n) is 6.91. The van der Waals surface area contributed by atoms with Gasteiger partial charge in [0.15, 0.2) is 0 Å². The standard InChI is InChI=1S/C14H29N3/c1-13(2)6-5-9-17(10-7-13)11-8-14(3,4)12(15)16/h5-11H2,1-4H3,(H3,15,16). The fraction of sp³-hybridized carbons (Fsp3) is 0.929. The number of amidine groups is 1. The largest absolute Gasteiger partial charge is 0.387 e. The minimum atomic E-state index is -0.151. The monoisotopic (exact) mass is 239 g/mol. The van der Waals surface area contributed by atoms with Crippen LogP contribution in [0.1, 0.15) is 53.4 Å². The summed E-state index contributed by atoms with van der Waals surface area (Å²) in [7, 11) is 0. The van der Waals surface area contributed by atoms with Gasteiger partial charge in [0.25, 0.3) is 0 Å². The summed E-state index contributed by atoms with van der Waals surface area (Å²) in [6, 6.07) is 0. The van der Waals surface area contributed by atoms with E-state index < -0.39 is 0 Å². The lowest BCUT2D eigenvalue weighted by Gasteiger charge is -2.28. The molecule has 0 saturated carbocycles. The summed E-state index contributed by atoms with van der Waals surface area (Å²) in [5, 5.41) is 7.58. The fourth-order valence-corrected chi connectivity index (χ4v) is 2.27. The molecule has 0 bridgehead atoms. The summed E-state index contributed by atoms with van der Waals surface area (Å²) in [5.41, 5.74) is 5.98. The average molecular weight is 239 g/mol. The summed E-state index contributed by atoms with van der Waals surface area (Å²) >= 11 is 0. The molecule has 17 heavy (non-hydrogen) atoms. The molecule has 0 aromatic rings. The zero-order valence-corrected chi connectivity index (χ0v) is 12.0. The van der Waals surface area contributed by atoms with E-state index in [0.29, 0.717) is 11.3 Å². The molecular formula is C14H29N3. The van der Waals surface area contributed by atoms with Gasteiger partial charge in [0, 0.05) is 5.41 Å². The summed E-state index contributed by atoms with van der Waals surface area (Å²) in [5.74, 6) is 0.313. The summed E-state index contributed by atoms with van der Waals surface area (Å²) < 4.78 is 0. The number of nitrogens with zero attached hydrogens (tertiary/aromatic N) is 1. The van der Waals surface area contributed by atoms with Crippen LogP contribution in [0, 0.1) is 16.2 Å². The highest BCUT2D eigenvalue weighted by molar-refractivity contribution is 5.82. The van der Waals surface area contributed by atoms with Crippen LogP contribution in [0.3, 0.4) is 0 Å². The molecule has 3 nitrogen and oxygen atoms in total. The van der Waals surface area contributed by atoms with Crippen molar-refractivity contribution in [1.29, 1.82) is 5.41 Å². The summed E-state index contributed by atoms with van der Waals surface area (Å²) in [4.78, 5) is 2.54. The van der Waals surface area contributed by atoms with Crippen LogP contribution >= 0.6 is 0 Å². The number of nitrogens with two attached hydrogens (primary N) is 1. The normalized spacial score (nSPS) is 22.1. The van der Waals surface area contributed by atoms with E-state index in [0.717, 1.165) is 13.0 Å². The van der Waals surface area contributed by atoms with E-state index in [-0.39, 0.29) is 5.41 Å². The average Bonchev–Trinajstić information content (AvgIpc) is 2.36. The van der Waals surface area contributed by atoms with Gasteiger partial charge in [0.1, 0.15) is 0 Å². The molecular weight excluding hydrogens is 210 g/mol. The summed E-state index contributed by atoms with van der Waals surface area (Å²) in [6.45, 7) is 12.3. The van der Waals surface area contributed by atoms with E-state index in [9.17, 15) is 0 Å². The van der Waals surface area contributed by atoms with Gasteiger partial charge in [-0.15, -0.1) is 0 Å². The first-order valence-corrected chi connectivity index (χ1v) is 6.80.